The number of aromatic nitrogens is 1. The van der Waals surface area contributed by atoms with Crippen LogP contribution >= 0.6 is 40.7 Å². The molecule has 4 nitrogen and oxygen atoms in total. The van der Waals surface area contributed by atoms with E-state index in [-0.39, 0.29) is 36.8 Å². The van der Waals surface area contributed by atoms with Crippen LogP contribution in [0.5, 0.6) is 0 Å². The van der Waals surface area contributed by atoms with Crippen molar-refractivity contribution in [1.29, 1.82) is 0 Å². The Hall–Kier alpha value is -0.360. The van der Waals surface area contributed by atoms with E-state index in [1.807, 2.05) is 6.92 Å². The Kier molecular flexibility index (Phi) is 9.86. The Bertz CT molecular complexity index is 321. The summed E-state index contributed by atoms with van der Waals surface area (Å²) in [4.78, 5) is 15.4. The van der Waals surface area contributed by atoms with Gasteiger partial charge in [-0.25, -0.2) is 4.98 Å². The minimum atomic E-state index is -0.199. The molecule has 16 heavy (non-hydrogen) atoms. The monoisotopic (exact) mass is 329 g/mol. The molecule has 0 bridgehead atoms. The third-order valence-corrected chi connectivity index (χ3v) is 2.16. The van der Waals surface area contributed by atoms with Crippen LogP contribution in [0.2, 0.25) is 0 Å². The van der Waals surface area contributed by atoms with Crippen molar-refractivity contribution in [2.75, 3.05) is 6.54 Å². The van der Waals surface area contributed by atoms with Gasteiger partial charge in [0.25, 0.3) is 5.91 Å². The lowest BCUT2D eigenvalue weighted by Gasteiger charge is -2.10. The standard InChI is InChI=1S/C9H12BrN3O.2ClH/c1-6(4-11)13-9(14)8-3-2-7(10)5-12-8;;/h2-3,5-6H,4,11H2,1H3,(H,13,14);2*1H/t6-;;/m0../s1. The van der Waals surface area contributed by atoms with Crippen LogP contribution in [0.1, 0.15) is 17.4 Å². The molecule has 1 rings (SSSR count). The third kappa shape index (κ3) is 5.65. The van der Waals surface area contributed by atoms with Crippen molar-refractivity contribution in [2.45, 2.75) is 13.0 Å². The first kappa shape index (κ1) is 18.0. The average Bonchev–Trinajstić information content (AvgIpc) is 2.18. The zero-order chi connectivity index (χ0) is 10.6. The normalized spacial score (nSPS) is 10.7. The SMILES string of the molecule is C[C@@H](CN)NC(=O)c1ccc(Br)cn1.Cl.Cl. The fourth-order valence-corrected chi connectivity index (χ4v) is 1.10. The molecule has 0 spiro atoms. The first-order valence-electron chi connectivity index (χ1n) is 4.26. The predicted molar refractivity (Wildman–Crippen MR) is 72.4 cm³/mol. The van der Waals surface area contributed by atoms with Crippen molar-refractivity contribution >= 4 is 46.7 Å². The van der Waals surface area contributed by atoms with Crippen molar-refractivity contribution < 1.29 is 4.79 Å². The Balaban J connectivity index is 0. The number of nitrogens with two attached hydrogens (primary N) is 1. The van der Waals surface area contributed by atoms with Gasteiger partial charge in [0.2, 0.25) is 0 Å². The van der Waals surface area contributed by atoms with Gasteiger partial charge in [0, 0.05) is 23.3 Å². The van der Waals surface area contributed by atoms with Gasteiger partial charge in [-0.15, -0.1) is 24.8 Å². The molecule has 1 aromatic rings. The molecule has 0 aliphatic carbocycles. The summed E-state index contributed by atoms with van der Waals surface area (Å²) in [6.07, 6.45) is 1.59. The van der Waals surface area contributed by atoms with Crippen LogP contribution < -0.4 is 11.1 Å². The minimum absolute atomic E-state index is 0. The zero-order valence-corrected chi connectivity index (χ0v) is 11.9. The number of hydrogen-bond acceptors (Lipinski definition) is 3. The van der Waals surface area contributed by atoms with Crippen LogP contribution in [0.15, 0.2) is 22.8 Å². The molecule has 0 aliphatic heterocycles. The average molecular weight is 331 g/mol. The van der Waals surface area contributed by atoms with Crippen LogP contribution in [0, 0.1) is 0 Å². The first-order valence-corrected chi connectivity index (χ1v) is 5.05. The van der Waals surface area contributed by atoms with Gasteiger partial charge >= 0.3 is 0 Å². The second kappa shape index (κ2) is 8.75. The summed E-state index contributed by atoms with van der Waals surface area (Å²) < 4.78 is 0.848. The van der Waals surface area contributed by atoms with Gasteiger partial charge in [0.05, 0.1) is 0 Å². The maximum Gasteiger partial charge on any atom is 0.270 e. The summed E-state index contributed by atoms with van der Waals surface area (Å²) in [6, 6.07) is 3.39. The molecule has 0 aliphatic rings. The number of nitrogens with zero attached hydrogens (tertiary/aromatic N) is 1. The quantitative estimate of drug-likeness (QED) is 0.887. The Morgan fingerprint density at radius 2 is 2.19 bits per heavy atom. The Morgan fingerprint density at radius 1 is 1.56 bits per heavy atom. The van der Waals surface area contributed by atoms with Gasteiger partial charge in [0.15, 0.2) is 0 Å². The van der Waals surface area contributed by atoms with Crippen molar-refractivity contribution in [1.82, 2.24) is 10.3 Å². The third-order valence-electron chi connectivity index (χ3n) is 1.69. The van der Waals surface area contributed by atoms with E-state index in [1.54, 1.807) is 18.3 Å². The summed E-state index contributed by atoms with van der Waals surface area (Å²) in [5.74, 6) is -0.199. The maximum absolute atomic E-state index is 11.5. The van der Waals surface area contributed by atoms with Gasteiger partial charge in [-0.2, -0.15) is 0 Å². The van der Waals surface area contributed by atoms with E-state index in [1.165, 1.54) is 0 Å². The van der Waals surface area contributed by atoms with E-state index in [9.17, 15) is 4.79 Å². The second-order valence-corrected chi connectivity index (χ2v) is 3.89. The van der Waals surface area contributed by atoms with Crippen LogP contribution in [-0.2, 0) is 0 Å². The van der Waals surface area contributed by atoms with Gasteiger partial charge in [0.1, 0.15) is 5.69 Å². The summed E-state index contributed by atoms with van der Waals surface area (Å²) in [5.41, 5.74) is 5.78. The van der Waals surface area contributed by atoms with E-state index in [0.29, 0.717) is 12.2 Å². The lowest BCUT2D eigenvalue weighted by Crippen LogP contribution is -2.38. The summed E-state index contributed by atoms with van der Waals surface area (Å²) in [5, 5.41) is 2.72. The second-order valence-electron chi connectivity index (χ2n) is 2.97. The highest BCUT2D eigenvalue weighted by Gasteiger charge is 2.08. The highest BCUT2D eigenvalue weighted by atomic mass is 79.9. The topological polar surface area (TPSA) is 68.0 Å². The van der Waals surface area contributed by atoms with E-state index in [0.717, 1.165) is 4.47 Å². The van der Waals surface area contributed by atoms with Crippen LogP contribution in [0.3, 0.4) is 0 Å². The molecule has 0 unspecified atom stereocenters. The maximum atomic E-state index is 11.5. The van der Waals surface area contributed by atoms with E-state index in [2.05, 4.69) is 26.2 Å². The van der Waals surface area contributed by atoms with E-state index >= 15 is 0 Å². The van der Waals surface area contributed by atoms with Crippen molar-refractivity contribution in [3.63, 3.8) is 0 Å². The van der Waals surface area contributed by atoms with E-state index in [4.69, 9.17) is 5.73 Å². The molecule has 92 valence electrons. The molecule has 0 radical (unpaired) electrons. The Labute approximate surface area is 115 Å². The summed E-state index contributed by atoms with van der Waals surface area (Å²) in [7, 11) is 0. The number of carbonyl (C=O) groups excluding carboxylic acids is 1. The molecule has 1 aromatic heterocycles. The van der Waals surface area contributed by atoms with Gasteiger partial charge in [-0.3, -0.25) is 4.79 Å². The molecule has 0 saturated heterocycles. The number of hydrogen-bond donors (Lipinski definition) is 2. The van der Waals surface area contributed by atoms with Crippen LogP contribution in [0.4, 0.5) is 0 Å². The summed E-state index contributed by atoms with van der Waals surface area (Å²) in [6.45, 7) is 2.26. The molecule has 1 atom stereocenters. The minimum Gasteiger partial charge on any atom is -0.347 e. The van der Waals surface area contributed by atoms with Crippen LogP contribution in [0.25, 0.3) is 0 Å². The summed E-state index contributed by atoms with van der Waals surface area (Å²) >= 11 is 3.24. The van der Waals surface area contributed by atoms with E-state index < -0.39 is 0 Å². The van der Waals surface area contributed by atoms with Gasteiger partial charge < -0.3 is 11.1 Å². The zero-order valence-electron chi connectivity index (χ0n) is 8.64. The fraction of sp³-hybridized carbons (Fsp3) is 0.333. The Morgan fingerprint density at radius 3 is 2.62 bits per heavy atom. The number of nitrogens with one attached hydrogen (secondary N) is 1. The largest absolute Gasteiger partial charge is 0.347 e. The highest BCUT2D eigenvalue weighted by Crippen LogP contribution is 2.07. The van der Waals surface area contributed by atoms with Crippen molar-refractivity contribution in [3.05, 3.63) is 28.5 Å². The lowest BCUT2D eigenvalue weighted by atomic mass is 10.3. The van der Waals surface area contributed by atoms with Gasteiger partial charge in [-0.1, -0.05) is 0 Å². The number of carbonyl (C=O) groups is 1. The van der Waals surface area contributed by atoms with Gasteiger partial charge in [-0.05, 0) is 35.0 Å². The molecule has 0 aromatic carbocycles. The molecule has 0 fully saturated rings. The lowest BCUT2D eigenvalue weighted by molar-refractivity contribution is 0.0936. The molecule has 7 heteroatoms. The number of rotatable bonds is 3. The predicted octanol–water partition coefficient (Wildman–Crippen LogP) is 1.76. The van der Waals surface area contributed by atoms with Crippen molar-refractivity contribution in [2.24, 2.45) is 5.73 Å². The highest BCUT2D eigenvalue weighted by molar-refractivity contribution is 9.10. The number of halogens is 3. The molecule has 1 amide bonds. The first-order chi connectivity index (χ1) is 6.63. The molecule has 3 N–H and O–H groups in total. The molecule has 0 saturated carbocycles. The molecular formula is C9H14BrCl2N3O. The van der Waals surface area contributed by atoms with Crippen molar-refractivity contribution in [3.8, 4) is 0 Å². The van der Waals surface area contributed by atoms with Crippen LogP contribution in [-0.4, -0.2) is 23.5 Å². The molecule has 1 heterocycles. The number of pyridine rings is 1. The molecular weight excluding hydrogens is 317 g/mol. The smallest absolute Gasteiger partial charge is 0.270 e. The number of amides is 1. The fourth-order valence-electron chi connectivity index (χ4n) is 0.867.